The molecule has 1 rings (SSSR count). The lowest BCUT2D eigenvalue weighted by atomic mass is 9.90. The second-order valence-corrected chi connectivity index (χ2v) is 4.66. The third-order valence-corrected chi connectivity index (χ3v) is 3.42. The van der Waals surface area contributed by atoms with Crippen LogP contribution in [0.3, 0.4) is 0 Å². The van der Waals surface area contributed by atoms with Crippen LogP contribution in [0.2, 0.25) is 0 Å². The Morgan fingerprint density at radius 1 is 1.35 bits per heavy atom. The van der Waals surface area contributed by atoms with Crippen LogP contribution >= 0.6 is 0 Å². The van der Waals surface area contributed by atoms with Crippen molar-refractivity contribution in [3.05, 3.63) is 0 Å². The van der Waals surface area contributed by atoms with E-state index in [1.807, 2.05) is 0 Å². The molecule has 0 atom stereocenters. The zero-order chi connectivity index (χ0) is 12.5. The minimum absolute atomic E-state index is 0.235. The molecular weight excluding hydrogens is 220 g/mol. The summed E-state index contributed by atoms with van der Waals surface area (Å²) in [5.74, 6) is 0.635. The molecule has 5 nitrogen and oxygen atoms in total. The Hall–Kier alpha value is -0.490. The Kier molecular flexibility index (Phi) is 7.35. The number of rotatable bonds is 8. The molecule has 0 amide bonds. The third kappa shape index (κ3) is 5.59. The molecule has 5 heteroatoms. The van der Waals surface area contributed by atoms with Gasteiger partial charge in [0.15, 0.2) is 0 Å². The standard InChI is InChI=1S/C12H24N2O3/c13-6-2-1-3-12(15)11-4-7-14(8-5-11)9-10-17-16/h11,16H,1-10,13H2. The normalized spacial score (nSPS) is 18.5. The highest BCUT2D eigenvalue weighted by Crippen LogP contribution is 2.20. The Labute approximate surface area is 103 Å². The molecule has 0 aromatic heterocycles. The summed E-state index contributed by atoms with van der Waals surface area (Å²) in [6, 6.07) is 0. The zero-order valence-electron chi connectivity index (χ0n) is 10.4. The number of likely N-dealkylation sites (tertiary alicyclic amines) is 1. The fourth-order valence-corrected chi connectivity index (χ4v) is 2.30. The van der Waals surface area contributed by atoms with Gasteiger partial charge in [-0.05, 0) is 45.3 Å². The van der Waals surface area contributed by atoms with E-state index in [9.17, 15) is 4.79 Å². The summed E-state index contributed by atoms with van der Waals surface area (Å²) < 4.78 is 0. The lowest BCUT2D eigenvalue weighted by molar-refractivity contribution is -0.244. The van der Waals surface area contributed by atoms with Gasteiger partial charge in [-0.25, -0.2) is 4.89 Å². The van der Waals surface area contributed by atoms with Gasteiger partial charge in [-0.15, -0.1) is 0 Å². The highest BCUT2D eigenvalue weighted by atomic mass is 17.1. The number of carbonyl (C=O) groups excluding carboxylic acids is 1. The number of ketones is 1. The van der Waals surface area contributed by atoms with Crippen molar-refractivity contribution in [2.45, 2.75) is 32.1 Å². The minimum Gasteiger partial charge on any atom is -0.330 e. The van der Waals surface area contributed by atoms with E-state index < -0.39 is 0 Å². The average molecular weight is 244 g/mol. The van der Waals surface area contributed by atoms with Crippen molar-refractivity contribution in [3.63, 3.8) is 0 Å². The first-order valence-electron chi connectivity index (χ1n) is 6.49. The quantitative estimate of drug-likeness (QED) is 0.377. The maximum absolute atomic E-state index is 11.9. The maximum Gasteiger partial charge on any atom is 0.136 e. The molecule has 0 saturated carbocycles. The molecule has 17 heavy (non-hydrogen) atoms. The molecular formula is C12H24N2O3. The van der Waals surface area contributed by atoms with Crippen LogP contribution in [0.4, 0.5) is 0 Å². The number of unbranched alkanes of at least 4 members (excludes halogenated alkanes) is 1. The van der Waals surface area contributed by atoms with Gasteiger partial charge in [-0.2, -0.15) is 0 Å². The van der Waals surface area contributed by atoms with E-state index in [-0.39, 0.29) is 5.92 Å². The molecule has 1 saturated heterocycles. The summed E-state index contributed by atoms with van der Waals surface area (Å²) in [6.07, 6.45) is 4.42. The molecule has 100 valence electrons. The van der Waals surface area contributed by atoms with E-state index >= 15 is 0 Å². The Morgan fingerprint density at radius 2 is 2.06 bits per heavy atom. The number of nitrogens with zero attached hydrogens (tertiary/aromatic N) is 1. The summed E-state index contributed by atoms with van der Waals surface area (Å²) in [7, 11) is 0. The molecule has 1 fully saturated rings. The van der Waals surface area contributed by atoms with E-state index in [1.165, 1.54) is 0 Å². The van der Waals surface area contributed by atoms with Gasteiger partial charge >= 0.3 is 0 Å². The van der Waals surface area contributed by atoms with E-state index in [0.717, 1.165) is 45.3 Å². The van der Waals surface area contributed by atoms with Crippen LogP contribution in [0.1, 0.15) is 32.1 Å². The molecule has 0 aromatic carbocycles. The SMILES string of the molecule is NCCCCC(=O)C1CCN(CCOO)CC1. The van der Waals surface area contributed by atoms with E-state index in [2.05, 4.69) is 9.79 Å². The van der Waals surface area contributed by atoms with E-state index in [1.54, 1.807) is 0 Å². The van der Waals surface area contributed by atoms with Crippen molar-refractivity contribution in [2.24, 2.45) is 11.7 Å². The predicted octanol–water partition coefficient (Wildman–Crippen LogP) is 0.886. The van der Waals surface area contributed by atoms with Crippen LogP contribution < -0.4 is 5.73 Å². The second-order valence-electron chi connectivity index (χ2n) is 4.66. The fourth-order valence-electron chi connectivity index (χ4n) is 2.30. The van der Waals surface area contributed by atoms with Gasteiger partial charge in [0.05, 0.1) is 6.61 Å². The van der Waals surface area contributed by atoms with Crippen LogP contribution in [0.5, 0.6) is 0 Å². The van der Waals surface area contributed by atoms with Crippen molar-refractivity contribution in [1.82, 2.24) is 4.90 Å². The van der Waals surface area contributed by atoms with E-state index in [0.29, 0.717) is 25.4 Å². The number of nitrogens with two attached hydrogens (primary N) is 1. The van der Waals surface area contributed by atoms with Crippen molar-refractivity contribution in [1.29, 1.82) is 0 Å². The predicted molar refractivity (Wildman–Crippen MR) is 65.7 cm³/mol. The molecule has 1 aliphatic rings. The van der Waals surface area contributed by atoms with Gasteiger partial charge < -0.3 is 10.6 Å². The molecule has 0 aliphatic carbocycles. The minimum atomic E-state index is 0.235. The largest absolute Gasteiger partial charge is 0.330 e. The summed E-state index contributed by atoms with van der Waals surface area (Å²) in [5, 5.41) is 8.27. The number of hydrogen-bond acceptors (Lipinski definition) is 5. The maximum atomic E-state index is 11.9. The Bertz CT molecular complexity index is 216. The smallest absolute Gasteiger partial charge is 0.136 e. The average Bonchev–Trinajstić information content (AvgIpc) is 2.37. The summed E-state index contributed by atoms with van der Waals surface area (Å²) in [5.41, 5.74) is 5.41. The third-order valence-electron chi connectivity index (χ3n) is 3.42. The summed E-state index contributed by atoms with van der Waals surface area (Å²) in [6.45, 7) is 3.61. The highest BCUT2D eigenvalue weighted by molar-refractivity contribution is 5.81. The van der Waals surface area contributed by atoms with Crippen LogP contribution in [-0.2, 0) is 9.68 Å². The van der Waals surface area contributed by atoms with Crippen LogP contribution in [0.15, 0.2) is 0 Å². The molecule has 1 heterocycles. The molecule has 0 bridgehead atoms. The fraction of sp³-hybridized carbons (Fsp3) is 0.917. The zero-order valence-corrected chi connectivity index (χ0v) is 10.4. The number of Topliss-reactive ketones (excluding diaryl/α,β-unsaturated/α-hetero) is 1. The first-order chi connectivity index (χ1) is 8.27. The van der Waals surface area contributed by atoms with Crippen molar-refractivity contribution in [3.8, 4) is 0 Å². The van der Waals surface area contributed by atoms with Crippen LogP contribution in [0, 0.1) is 5.92 Å². The van der Waals surface area contributed by atoms with Crippen LogP contribution in [-0.4, -0.2) is 48.7 Å². The Balaban J connectivity index is 2.15. The van der Waals surface area contributed by atoms with Gasteiger partial charge in [-0.1, -0.05) is 0 Å². The molecule has 0 aromatic rings. The lowest BCUT2D eigenvalue weighted by Gasteiger charge is -2.30. The lowest BCUT2D eigenvalue weighted by Crippen LogP contribution is -2.38. The number of carbonyl (C=O) groups is 1. The van der Waals surface area contributed by atoms with Crippen LogP contribution in [0.25, 0.3) is 0 Å². The summed E-state index contributed by atoms with van der Waals surface area (Å²) in [4.78, 5) is 18.2. The first kappa shape index (κ1) is 14.6. The molecule has 0 spiro atoms. The van der Waals surface area contributed by atoms with Crippen molar-refractivity contribution in [2.75, 3.05) is 32.8 Å². The van der Waals surface area contributed by atoms with Gasteiger partial charge in [0.1, 0.15) is 5.78 Å². The van der Waals surface area contributed by atoms with Crippen molar-refractivity contribution < 1.29 is 14.9 Å². The summed E-state index contributed by atoms with van der Waals surface area (Å²) >= 11 is 0. The van der Waals surface area contributed by atoms with E-state index in [4.69, 9.17) is 11.0 Å². The molecule has 0 radical (unpaired) electrons. The van der Waals surface area contributed by atoms with Crippen molar-refractivity contribution >= 4 is 5.78 Å². The number of piperidine rings is 1. The molecule has 0 unspecified atom stereocenters. The van der Waals surface area contributed by atoms with Gasteiger partial charge in [0, 0.05) is 18.9 Å². The Morgan fingerprint density at radius 3 is 2.65 bits per heavy atom. The highest BCUT2D eigenvalue weighted by Gasteiger charge is 2.23. The van der Waals surface area contributed by atoms with Gasteiger partial charge in [0.2, 0.25) is 0 Å². The molecule has 1 aliphatic heterocycles. The van der Waals surface area contributed by atoms with Gasteiger partial charge in [-0.3, -0.25) is 10.1 Å². The first-order valence-corrected chi connectivity index (χ1v) is 6.49. The number of hydrogen-bond donors (Lipinski definition) is 2. The molecule has 3 N–H and O–H groups in total. The monoisotopic (exact) mass is 244 g/mol. The topological polar surface area (TPSA) is 75.8 Å². The van der Waals surface area contributed by atoms with Gasteiger partial charge in [0.25, 0.3) is 0 Å². The second kappa shape index (κ2) is 8.58.